The van der Waals surface area contributed by atoms with E-state index in [0.29, 0.717) is 12.2 Å². The molecule has 0 bridgehead atoms. The van der Waals surface area contributed by atoms with Crippen LogP contribution in [-0.4, -0.2) is 26.7 Å². The van der Waals surface area contributed by atoms with Gasteiger partial charge in [0.2, 0.25) is 5.91 Å². The Kier molecular flexibility index (Phi) is 2.39. The lowest BCUT2D eigenvalue weighted by Crippen LogP contribution is -2.38. The van der Waals surface area contributed by atoms with Gasteiger partial charge in [0.25, 0.3) is 0 Å². The molecule has 0 fully saturated rings. The third kappa shape index (κ3) is 1.79. The highest BCUT2D eigenvalue weighted by Crippen LogP contribution is 1.94. The zero-order chi connectivity index (χ0) is 9.14. The van der Waals surface area contributed by atoms with Gasteiger partial charge in [-0.2, -0.15) is 5.10 Å². The number of carbonyl (C=O) groups excluding carboxylic acids is 1. The summed E-state index contributed by atoms with van der Waals surface area (Å²) in [7, 11) is 1.73. The van der Waals surface area contributed by atoms with E-state index in [1.807, 2.05) is 0 Å². The lowest BCUT2D eigenvalue weighted by Gasteiger charge is -2.05. The molecule has 1 amide bonds. The van der Waals surface area contributed by atoms with E-state index in [1.165, 1.54) is 6.33 Å². The molecule has 6 nitrogen and oxygen atoms in total. The van der Waals surface area contributed by atoms with E-state index in [1.54, 1.807) is 11.7 Å². The van der Waals surface area contributed by atoms with Gasteiger partial charge in [-0.25, -0.2) is 4.98 Å². The molecular weight excluding hydrogens is 158 g/mol. The molecule has 4 N–H and O–H groups in total. The van der Waals surface area contributed by atoms with E-state index in [0.717, 1.165) is 0 Å². The topological polar surface area (TPSA) is 99.8 Å². The van der Waals surface area contributed by atoms with Crippen LogP contribution in [0.5, 0.6) is 0 Å². The van der Waals surface area contributed by atoms with E-state index in [2.05, 4.69) is 10.1 Å². The molecule has 1 aromatic rings. The van der Waals surface area contributed by atoms with Crippen LogP contribution in [-0.2, 0) is 18.3 Å². The summed E-state index contributed by atoms with van der Waals surface area (Å²) in [4.78, 5) is 14.5. The molecule has 0 aromatic carbocycles. The van der Waals surface area contributed by atoms with Crippen LogP contribution in [0.4, 0.5) is 0 Å². The molecule has 0 radical (unpaired) electrons. The summed E-state index contributed by atoms with van der Waals surface area (Å²) >= 11 is 0. The van der Waals surface area contributed by atoms with Gasteiger partial charge in [0, 0.05) is 13.5 Å². The number of nitrogens with zero attached hydrogens (tertiary/aromatic N) is 3. The lowest BCUT2D eigenvalue weighted by atomic mass is 10.2. The molecule has 0 aliphatic heterocycles. The first kappa shape index (κ1) is 8.66. The molecule has 0 saturated heterocycles. The van der Waals surface area contributed by atoms with Crippen molar-refractivity contribution in [1.82, 2.24) is 14.8 Å². The van der Waals surface area contributed by atoms with E-state index in [4.69, 9.17) is 11.5 Å². The Balaban J connectivity index is 2.64. The molecule has 6 heteroatoms. The number of primary amides is 1. The number of rotatable bonds is 3. The predicted octanol–water partition coefficient (Wildman–Crippen LogP) is -1.83. The Morgan fingerprint density at radius 2 is 2.50 bits per heavy atom. The smallest absolute Gasteiger partial charge is 0.234 e. The average molecular weight is 169 g/mol. The fourth-order valence-corrected chi connectivity index (χ4v) is 0.802. The van der Waals surface area contributed by atoms with Gasteiger partial charge >= 0.3 is 0 Å². The summed E-state index contributed by atoms with van der Waals surface area (Å²) in [5, 5.41) is 3.83. The summed E-state index contributed by atoms with van der Waals surface area (Å²) in [6, 6.07) is -0.687. The first-order valence-electron chi connectivity index (χ1n) is 3.49. The predicted molar refractivity (Wildman–Crippen MR) is 41.9 cm³/mol. The van der Waals surface area contributed by atoms with Crippen molar-refractivity contribution in [2.24, 2.45) is 18.5 Å². The van der Waals surface area contributed by atoms with Gasteiger partial charge in [0.15, 0.2) is 0 Å². The minimum Gasteiger partial charge on any atom is -0.368 e. The quantitative estimate of drug-likeness (QED) is 0.555. The molecule has 1 atom stereocenters. The number of carbonyl (C=O) groups is 1. The van der Waals surface area contributed by atoms with Crippen LogP contribution in [0.1, 0.15) is 5.82 Å². The van der Waals surface area contributed by atoms with Gasteiger partial charge in [-0.05, 0) is 0 Å². The van der Waals surface area contributed by atoms with Crippen LogP contribution < -0.4 is 11.5 Å². The number of aryl methyl sites for hydroxylation is 1. The highest BCUT2D eigenvalue weighted by molar-refractivity contribution is 5.79. The van der Waals surface area contributed by atoms with E-state index >= 15 is 0 Å². The van der Waals surface area contributed by atoms with Gasteiger partial charge in [0.1, 0.15) is 12.2 Å². The molecule has 0 spiro atoms. The largest absolute Gasteiger partial charge is 0.368 e. The van der Waals surface area contributed by atoms with Crippen molar-refractivity contribution in [2.45, 2.75) is 12.5 Å². The van der Waals surface area contributed by atoms with Crippen molar-refractivity contribution in [3.05, 3.63) is 12.2 Å². The van der Waals surface area contributed by atoms with E-state index < -0.39 is 11.9 Å². The van der Waals surface area contributed by atoms with Crippen molar-refractivity contribution in [2.75, 3.05) is 0 Å². The molecule has 1 aromatic heterocycles. The van der Waals surface area contributed by atoms with Crippen LogP contribution in [0.15, 0.2) is 6.33 Å². The molecule has 1 rings (SSSR count). The maximum absolute atomic E-state index is 10.6. The highest BCUT2D eigenvalue weighted by Gasteiger charge is 2.12. The van der Waals surface area contributed by atoms with Crippen LogP contribution in [0, 0.1) is 0 Å². The van der Waals surface area contributed by atoms with Crippen molar-refractivity contribution in [1.29, 1.82) is 0 Å². The third-order valence-electron chi connectivity index (χ3n) is 1.57. The molecule has 1 unspecified atom stereocenters. The maximum Gasteiger partial charge on any atom is 0.234 e. The first-order valence-corrected chi connectivity index (χ1v) is 3.49. The zero-order valence-corrected chi connectivity index (χ0v) is 6.77. The molecule has 66 valence electrons. The van der Waals surface area contributed by atoms with E-state index in [-0.39, 0.29) is 0 Å². The Hall–Kier alpha value is -1.43. The van der Waals surface area contributed by atoms with Crippen LogP contribution in [0.25, 0.3) is 0 Å². The molecule has 12 heavy (non-hydrogen) atoms. The summed E-state index contributed by atoms with van der Waals surface area (Å²) in [6.45, 7) is 0. The summed E-state index contributed by atoms with van der Waals surface area (Å²) < 4.78 is 1.56. The van der Waals surface area contributed by atoms with Crippen molar-refractivity contribution < 1.29 is 4.79 Å². The number of hydrogen-bond donors (Lipinski definition) is 2. The summed E-state index contributed by atoms with van der Waals surface area (Å²) in [5.74, 6) is 0.124. The molecule has 0 aliphatic rings. The van der Waals surface area contributed by atoms with Gasteiger partial charge in [-0.15, -0.1) is 0 Å². The van der Waals surface area contributed by atoms with Crippen LogP contribution in [0.3, 0.4) is 0 Å². The Labute approximate surface area is 69.6 Å². The van der Waals surface area contributed by atoms with E-state index in [9.17, 15) is 4.79 Å². The third-order valence-corrected chi connectivity index (χ3v) is 1.57. The number of hydrogen-bond acceptors (Lipinski definition) is 4. The fourth-order valence-electron chi connectivity index (χ4n) is 0.802. The van der Waals surface area contributed by atoms with Gasteiger partial charge in [0.05, 0.1) is 6.04 Å². The lowest BCUT2D eigenvalue weighted by molar-refractivity contribution is -0.119. The zero-order valence-electron chi connectivity index (χ0n) is 6.77. The Morgan fingerprint density at radius 3 is 2.92 bits per heavy atom. The first-order chi connectivity index (χ1) is 5.61. The number of aromatic nitrogens is 3. The van der Waals surface area contributed by atoms with Crippen LogP contribution >= 0.6 is 0 Å². The van der Waals surface area contributed by atoms with Crippen molar-refractivity contribution in [3.63, 3.8) is 0 Å². The second kappa shape index (κ2) is 3.31. The minimum absolute atomic E-state index is 0.325. The minimum atomic E-state index is -0.687. The number of nitrogens with two attached hydrogens (primary N) is 2. The molecular formula is C6H11N5O. The summed E-state index contributed by atoms with van der Waals surface area (Å²) in [6.07, 6.45) is 1.73. The monoisotopic (exact) mass is 169 g/mol. The standard InChI is InChI=1S/C6H11N5O/c1-11-5(9-3-10-11)2-4(7)6(8)12/h3-4H,2,7H2,1H3,(H2,8,12). The van der Waals surface area contributed by atoms with Crippen molar-refractivity contribution in [3.8, 4) is 0 Å². The highest BCUT2D eigenvalue weighted by atomic mass is 16.1. The van der Waals surface area contributed by atoms with Crippen molar-refractivity contribution >= 4 is 5.91 Å². The summed E-state index contributed by atoms with van der Waals surface area (Å²) in [5.41, 5.74) is 10.4. The SMILES string of the molecule is Cn1ncnc1CC(N)C(N)=O. The van der Waals surface area contributed by atoms with Gasteiger partial charge in [-0.3, -0.25) is 9.48 Å². The average Bonchev–Trinajstić information content (AvgIpc) is 2.36. The molecule has 0 aliphatic carbocycles. The second-order valence-corrected chi connectivity index (χ2v) is 2.51. The second-order valence-electron chi connectivity index (χ2n) is 2.51. The van der Waals surface area contributed by atoms with Gasteiger partial charge < -0.3 is 11.5 Å². The van der Waals surface area contributed by atoms with Gasteiger partial charge in [-0.1, -0.05) is 0 Å². The molecule has 0 saturated carbocycles. The molecule has 1 heterocycles. The number of amides is 1. The Bertz CT molecular complexity index is 281. The maximum atomic E-state index is 10.6. The normalized spacial score (nSPS) is 12.8. The Morgan fingerprint density at radius 1 is 1.83 bits per heavy atom. The van der Waals surface area contributed by atoms with Crippen LogP contribution in [0.2, 0.25) is 0 Å². The fraction of sp³-hybridized carbons (Fsp3) is 0.500.